The van der Waals surface area contributed by atoms with E-state index in [-0.39, 0.29) is 0 Å². The van der Waals surface area contributed by atoms with Crippen LogP contribution in [0.25, 0.3) is 10.6 Å². The molecular formula is C17H22N2O3S. The van der Waals surface area contributed by atoms with Gasteiger partial charge in [0.15, 0.2) is 11.5 Å². The summed E-state index contributed by atoms with van der Waals surface area (Å²) in [6.07, 6.45) is 2.31. The van der Waals surface area contributed by atoms with Gasteiger partial charge in [-0.25, -0.2) is 4.98 Å². The predicted octanol–water partition coefficient (Wildman–Crippen LogP) is 3.45. The van der Waals surface area contributed by atoms with Crippen molar-refractivity contribution in [3.8, 4) is 22.1 Å². The predicted molar refractivity (Wildman–Crippen MR) is 91.1 cm³/mol. The number of nitrogens with one attached hydrogen (secondary N) is 1. The number of hydrogen-bond acceptors (Lipinski definition) is 6. The molecule has 1 N–H and O–H groups in total. The summed E-state index contributed by atoms with van der Waals surface area (Å²) in [6, 6.07) is 5.94. The van der Waals surface area contributed by atoms with Crippen molar-refractivity contribution in [2.45, 2.75) is 26.3 Å². The molecule has 0 fully saturated rings. The van der Waals surface area contributed by atoms with Crippen molar-refractivity contribution in [3.63, 3.8) is 0 Å². The first kappa shape index (κ1) is 16.2. The number of hydrogen-bond donors (Lipinski definition) is 1. The summed E-state index contributed by atoms with van der Waals surface area (Å²) >= 11 is 1.64. The number of aromatic nitrogens is 1. The third-order valence-corrected chi connectivity index (χ3v) is 4.48. The fourth-order valence-corrected chi connectivity index (χ4v) is 3.08. The fraction of sp³-hybridized carbons (Fsp3) is 0.471. The first-order chi connectivity index (χ1) is 11.4. The number of thiazole rings is 1. The highest BCUT2D eigenvalue weighted by Gasteiger charge is 2.15. The molecule has 0 atom stereocenters. The first-order valence-corrected chi connectivity index (χ1v) is 8.87. The minimum absolute atomic E-state index is 0.298. The second-order valence-corrected chi connectivity index (χ2v) is 6.21. The van der Waals surface area contributed by atoms with Crippen LogP contribution in [0.15, 0.2) is 23.6 Å². The lowest BCUT2D eigenvalue weighted by Crippen LogP contribution is -2.19. The van der Waals surface area contributed by atoms with Crippen LogP contribution in [0, 0.1) is 0 Å². The van der Waals surface area contributed by atoms with Crippen molar-refractivity contribution in [2.24, 2.45) is 0 Å². The molecule has 6 heteroatoms. The topological polar surface area (TPSA) is 52.6 Å². The van der Waals surface area contributed by atoms with Crippen LogP contribution in [0.5, 0.6) is 11.5 Å². The maximum atomic E-state index is 5.52. The van der Waals surface area contributed by atoms with Crippen LogP contribution < -0.4 is 14.8 Å². The van der Waals surface area contributed by atoms with E-state index >= 15 is 0 Å². The van der Waals surface area contributed by atoms with Crippen molar-refractivity contribution in [1.29, 1.82) is 0 Å². The van der Waals surface area contributed by atoms with Gasteiger partial charge in [0.05, 0.1) is 12.3 Å². The van der Waals surface area contributed by atoms with E-state index in [1.807, 2.05) is 18.2 Å². The van der Waals surface area contributed by atoms with Gasteiger partial charge < -0.3 is 19.5 Å². The molecule has 0 bridgehead atoms. The first-order valence-electron chi connectivity index (χ1n) is 7.99. The van der Waals surface area contributed by atoms with Gasteiger partial charge in [0.25, 0.3) is 0 Å². The van der Waals surface area contributed by atoms with Crippen LogP contribution in [-0.2, 0) is 11.3 Å². The van der Waals surface area contributed by atoms with Crippen LogP contribution in [-0.4, -0.2) is 31.5 Å². The molecule has 0 unspecified atom stereocenters. The number of fused-ring (bicyclic) bond motifs is 1. The molecule has 5 nitrogen and oxygen atoms in total. The van der Waals surface area contributed by atoms with E-state index in [4.69, 9.17) is 14.2 Å². The maximum absolute atomic E-state index is 5.52. The van der Waals surface area contributed by atoms with E-state index in [1.165, 1.54) is 6.42 Å². The van der Waals surface area contributed by atoms with E-state index in [1.54, 1.807) is 11.3 Å². The minimum Gasteiger partial charge on any atom is -0.454 e. The molecule has 0 radical (unpaired) electrons. The van der Waals surface area contributed by atoms with Crippen molar-refractivity contribution in [1.82, 2.24) is 10.3 Å². The summed E-state index contributed by atoms with van der Waals surface area (Å²) in [5.74, 6) is 1.59. The minimum atomic E-state index is 0.298. The quantitative estimate of drug-likeness (QED) is 0.712. The lowest BCUT2D eigenvalue weighted by Gasteiger charge is -2.04. The number of benzene rings is 1. The summed E-state index contributed by atoms with van der Waals surface area (Å²) in [7, 11) is 0. The van der Waals surface area contributed by atoms with E-state index in [0.717, 1.165) is 60.5 Å². The molecule has 23 heavy (non-hydrogen) atoms. The van der Waals surface area contributed by atoms with E-state index in [2.05, 4.69) is 22.6 Å². The monoisotopic (exact) mass is 334 g/mol. The van der Waals surface area contributed by atoms with Gasteiger partial charge in [0, 0.05) is 30.6 Å². The van der Waals surface area contributed by atoms with Crippen LogP contribution in [0.3, 0.4) is 0 Å². The third-order valence-electron chi connectivity index (χ3n) is 3.54. The summed E-state index contributed by atoms with van der Waals surface area (Å²) in [6.45, 7) is 5.68. The Kier molecular flexibility index (Phi) is 5.85. The van der Waals surface area contributed by atoms with Crippen molar-refractivity contribution < 1.29 is 14.2 Å². The van der Waals surface area contributed by atoms with Gasteiger partial charge in [-0.3, -0.25) is 0 Å². The zero-order valence-corrected chi connectivity index (χ0v) is 14.2. The highest BCUT2D eigenvalue weighted by molar-refractivity contribution is 7.13. The Hall–Kier alpha value is -1.63. The van der Waals surface area contributed by atoms with Crippen LogP contribution >= 0.6 is 11.3 Å². The Morgan fingerprint density at radius 3 is 3.09 bits per heavy atom. The molecule has 1 aromatic carbocycles. The Balaban J connectivity index is 1.47. The molecule has 0 spiro atoms. The smallest absolute Gasteiger partial charge is 0.231 e. The van der Waals surface area contributed by atoms with Crippen molar-refractivity contribution in [3.05, 3.63) is 29.3 Å². The number of ether oxygens (including phenoxy) is 3. The molecule has 0 amide bonds. The number of unbranched alkanes of at least 4 members (excludes halogenated alkanes) is 1. The highest BCUT2D eigenvalue weighted by atomic mass is 32.1. The molecule has 2 aromatic rings. The maximum Gasteiger partial charge on any atom is 0.231 e. The van der Waals surface area contributed by atoms with Crippen molar-refractivity contribution in [2.75, 3.05) is 26.6 Å². The van der Waals surface area contributed by atoms with Crippen molar-refractivity contribution >= 4 is 11.3 Å². The van der Waals surface area contributed by atoms with Crippen LogP contribution in [0.1, 0.15) is 25.5 Å². The molecular weight excluding hydrogens is 312 g/mol. The molecule has 1 aliphatic rings. The van der Waals surface area contributed by atoms with Crippen LogP contribution in [0.4, 0.5) is 0 Å². The van der Waals surface area contributed by atoms with Crippen LogP contribution in [0.2, 0.25) is 0 Å². The molecule has 3 rings (SSSR count). The van der Waals surface area contributed by atoms with Gasteiger partial charge >= 0.3 is 0 Å². The molecule has 2 heterocycles. The summed E-state index contributed by atoms with van der Waals surface area (Å²) in [5.41, 5.74) is 2.12. The van der Waals surface area contributed by atoms with Gasteiger partial charge in [-0.15, -0.1) is 11.3 Å². The number of nitrogens with zero attached hydrogens (tertiary/aromatic N) is 1. The average molecular weight is 334 g/mol. The summed E-state index contributed by atoms with van der Waals surface area (Å²) in [5, 5.41) is 6.45. The lowest BCUT2D eigenvalue weighted by atomic mass is 10.2. The largest absolute Gasteiger partial charge is 0.454 e. The molecule has 1 aromatic heterocycles. The molecule has 1 aliphatic heterocycles. The summed E-state index contributed by atoms with van der Waals surface area (Å²) in [4.78, 5) is 4.67. The molecule has 0 saturated heterocycles. The van der Waals surface area contributed by atoms with Gasteiger partial charge in [-0.05, 0) is 24.6 Å². The lowest BCUT2D eigenvalue weighted by molar-refractivity contribution is 0.133. The zero-order valence-electron chi connectivity index (χ0n) is 13.3. The Morgan fingerprint density at radius 2 is 2.17 bits per heavy atom. The van der Waals surface area contributed by atoms with Gasteiger partial charge in [0.1, 0.15) is 5.01 Å². The summed E-state index contributed by atoms with van der Waals surface area (Å²) < 4.78 is 16.3. The fourth-order valence-electron chi connectivity index (χ4n) is 2.26. The Bertz CT molecular complexity index is 630. The third kappa shape index (κ3) is 4.43. The SMILES string of the molecule is CCCCOCCNCc1csc(-c2ccc3c(c2)OCO3)n1. The van der Waals surface area contributed by atoms with E-state index in [9.17, 15) is 0 Å². The zero-order chi connectivity index (χ0) is 15.9. The van der Waals surface area contributed by atoms with Gasteiger partial charge in [0.2, 0.25) is 6.79 Å². The molecule has 0 saturated carbocycles. The highest BCUT2D eigenvalue weighted by Crippen LogP contribution is 2.36. The second-order valence-electron chi connectivity index (χ2n) is 5.35. The van der Waals surface area contributed by atoms with Gasteiger partial charge in [-0.2, -0.15) is 0 Å². The number of rotatable bonds is 9. The Labute approximate surface area is 140 Å². The van der Waals surface area contributed by atoms with Gasteiger partial charge in [-0.1, -0.05) is 13.3 Å². The molecule has 0 aliphatic carbocycles. The van der Waals surface area contributed by atoms with E-state index in [0.29, 0.717) is 6.79 Å². The standard InChI is InChI=1S/C17H22N2O3S/c1-2-3-7-20-8-6-18-10-14-11-23-17(19-14)13-4-5-15-16(9-13)22-12-21-15/h4-5,9,11,18H,2-3,6-8,10,12H2,1H3. The normalized spacial score (nSPS) is 12.7. The van der Waals surface area contributed by atoms with E-state index < -0.39 is 0 Å². The molecule has 124 valence electrons. The average Bonchev–Trinajstić information content (AvgIpc) is 3.22. The Morgan fingerprint density at radius 1 is 1.26 bits per heavy atom. The second kappa shape index (κ2) is 8.29.